The summed E-state index contributed by atoms with van der Waals surface area (Å²) in [5, 5.41) is 81.6. The Labute approximate surface area is 256 Å². The van der Waals surface area contributed by atoms with Crippen molar-refractivity contribution < 1.29 is 59.9 Å². The van der Waals surface area contributed by atoms with Crippen LogP contribution in [0, 0.1) is 0 Å². The standard InChI is InChI=1S/C30H33N3O12/c1-2-17-18(32-13-31-17)8-16-7-14(3-5-21(16)35)4-6-25(37)33-19-11-23(22(36)10-15(19)9-20(33)29(41)42)44-30(43)28(40)27(39)26(38)24(12-34)45-30/h3-7,10-11,20,24,26-28,34-36,38-40,43H,2,8-9,12-13H2,1H3,(H,41,42)/b6-4+/t20-,24-,26-,27+,28-,30+/m1/s1. The molecular formula is C30H33N3O12. The summed E-state index contributed by atoms with van der Waals surface area (Å²) in [4.78, 5) is 35.2. The van der Waals surface area contributed by atoms with Gasteiger partial charge in [0.05, 0.1) is 23.7 Å². The number of phenols is 2. The van der Waals surface area contributed by atoms with Crippen molar-refractivity contribution in [1.29, 1.82) is 0 Å². The van der Waals surface area contributed by atoms with Crippen molar-refractivity contribution in [2.45, 2.75) is 62.6 Å². The van der Waals surface area contributed by atoms with Crippen LogP contribution in [-0.4, -0.2) is 114 Å². The molecule has 15 nitrogen and oxygen atoms in total. The van der Waals surface area contributed by atoms with Crippen molar-refractivity contribution in [3.05, 3.63) is 53.1 Å². The first-order valence-electron chi connectivity index (χ1n) is 14.1. The molecule has 0 radical (unpaired) electrons. The smallest absolute Gasteiger partial charge is 0.355 e. The van der Waals surface area contributed by atoms with E-state index in [-0.39, 0.29) is 23.4 Å². The van der Waals surface area contributed by atoms with Crippen LogP contribution in [0.25, 0.3) is 6.08 Å². The summed E-state index contributed by atoms with van der Waals surface area (Å²) < 4.78 is 10.4. The van der Waals surface area contributed by atoms with Crippen LogP contribution in [0.3, 0.4) is 0 Å². The van der Waals surface area contributed by atoms with Gasteiger partial charge in [-0.15, -0.1) is 0 Å². The first-order chi connectivity index (χ1) is 21.4. The number of benzene rings is 2. The lowest BCUT2D eigenvalue weighted by Gasteiger charge is -2.44. The van der Waals surface area contributed by atoms with Crippen molar-refractivity contribution in [3.63, 3.8) is 0 Å². The Balaban J connectivity index is 1.41. The van der Waals surface area contributed by atoms with Gasteiger partial charge in [-0.3, -0.25) is 19.7 Å². The zero-order valence-electron chi connectivity index (χ0n) is 24.0. The van der Waals surface area contributed by atoms with Crippen LogP contribution in [-0.2, 0) is 27.2 Å². The highest BCUT2D eigenvalue weighted by Gasteiger charge is 2.55. The Kier molecular flexibility index (Phi) is 8.93. The molecule has 2 aromatic carbocycles. The number of carboxylic acids is 1. The van der Waals surface area contributed by atoms with Crippen LogP contribution in [0.15, 0.2) is 46.4 Å². The molecule has 3 heterocycles. The average molecular weight is 628 g/mol. The molecule has 3 aliphatic rings. The van der Waals surface area contributed by atoms with Gasteiger partial charge in [-0.05, 0) is 41.8 Å². The van der Waals surface area contributed by atoms with E-state index in [1.54, 1.807) is 12.1 Å². The van der Waals surface area contributed by atoms with Crippen molar-refractivity contribution in [2.24, 2.45) is 9.98 Å². The highest BCUT2D eigenvalue weighted by atomic mass is 16.8. The number of hydrogen-bond donors (Lipinski definition) is 8. The number of aromatic hydroxyl groups is 2. The number of anilines is 1. The minimum Gasteiger partial charge on any atom is -0.508 e. The highest BCUT2D eigenvalue weighted by molar-refractivity contribution is 6.43. The summed E-state index contributed by atoms with van der Waals surface area (Å²) in [6, 6.07) is 5.53. The predicted octanol–water partition coefficient (Wildman–Crippen LogP) is -0.542. The number of aliphatic imine (C=N–C) groups is 2. The van der Waals surface area contributed by atoms with Crippen LogP contribution in [0.1, 0.15) is 30.0 Å². The number of amides is 1. The maximum atomic E-state index is 13.5. The zero-order chi connectivity index (χ0) is 32.6. The predicted molar refractivity (Wildman–Crippen MR) is 157 cm³/mol. The number of aliphatic hydroxyl groups is 5. The molecule has 0 saturated carbocycles. The Morgan fingerprint density at radius 3 is 2.51 bits per heavy atom. The average Bonchev–Trinajstić information content (AvgIpc) is 3.62. The summed E-state index contributed by atoms with van der Waals surface area (Å²) in [6.07, 6.45) is -4.17. The molecule has 2 aromatic rings. The molecule has 3 aliphatic heterocycles. The van der Waals surface area contributed by atoms with Gasteiger partial charge in [0.15, 0.2) is 17.6 Å². The molecule has 1 saturated heterocycles. The molecule has 0 bridgehead atoms. The summed E-state index contributed by atoms with van der Waals surface area (Å²) in [6.45, 7) is 1.42. The second-order valence-electron chi connectivity index (χ2n) is 10.8. The first kappa shape index (κ1) is 32.0. The van der Waals surface area contributed by atoms with E-state index in [9.17, 15) is 50.4 Å². The number of phenolic OH excluding ortho intramolecular Hbond substituents is 2. The normalized spacial score (nSPS) is 27.8. The van der Waals surface area contributed by atoms with Crippen molar-refractivity contribution in [2.75, 3.05) is 18.2 Å². The zero-order valence-corrected chi connectivity index (χ0v) is 24.0. The Morgan fingerprint density at radius 1 is 1.09 bits per heavy atom. The number of nitrogens with zero attached hydrogens (tertiary/aromatic N) is 3. The van der Waals surface area contributed by atoms with Gasteiger partial charge < -0.3 is 50.3 Å². The van der Waals surface area contributed by atoms with Crippen LogP contribution < -0.4 is 9.64 Å². The lowest BCUT2D eigenvalue weighted by Crippen LogP contribution is -2.67. The Hall–Kier alpha value is -4.38. The third-order valence-electron chi connectivity index (χ3n) is 7.92. The van der Waals surface area contributed by atoms with Crippen LogP contribution >= 0.6 is 0 Å². The van der Waals surface area contributed by atoms with Crippen molar-refractivity contribution >= 4 is 35.1 Å². The summed E-state index contributed by atoms with van der Waals surface area (Å²) in [5.41, 5.74) is 2.98. The fraction of sp³-hybridized carbons (Fsp3) is 0.400. The van der Waals surface area contributed by atoms with Crippen LogP contribution in [0.4, 0.5) is 5.69 Å². The third-order valence-corrected chi connectivity index (χ3v) is 7.92. The minimum atomic E-state index is -3.05. The monoisotopic (exact) mass is 627 g/mol. The van der Waals surface area contributed by atoms with E-state index in [2.05, 4.69) is 9.98 Å². The number of carbonyl (C=O) groups is 2. The van der Waals surface area contributed by atoms with Gasteiger partial charge >= 0.3 is 11.9 Å². The third kappa shape index (κ3) is 6.13. The largest absolute Gasteiger partial charge is 0.508 e. The molecule has 0 aliphatic carbocycles. The molecule has 240 valence electrons. The fourth-order valence-corrected chi connectivity index (χ4v) is 5.52. The topological polar surface area (TPSA) is 242 Å². The molecule has 15 heteroatoms. The van der Waals surface area contributed by atoms with Crippen molar-refractivity contribution in [1.82, 2.24) is 0 Å². The molecule has 0 spiro atoms. The second kappa shape index (κ2) is 12.5. The highest BCUT2D eigenvalue weighted by Crippen LogP contribution is 2.43. The maximum absolute atomic E-state index is 13.5. The molecule has 6 atom stereocenters. The lowest BCUT2D eigenvalue weighted by atomic mass is 9.98. The fourth-order valence-electron chi connectivity index (χ4n) is 5.52. The van der Waals surface area contributed by atoms with Gasteiger partial charge in [0.1, 0.15) is 36.8 Å². The number of fused-ring (bicyclic) bond motifs is 1. The van der Waals surface area contributed by atoms with E-state index < -0.39 is 66.4 Å². The number of carboxylic acid groups (broad SMARTS) is 1. The van der Waals surface area contributed by atoms with E-state index >= 15 is 0 Å². The van der Waals surface area contributed by atoms with Crippen molar-refractivity contribution in [3.8, 4) is 17.2 Å². The SMILES string of the molecule is CCC1=NCN=C1Cc1cc(/C=C/C(=O)N2c3cc(O[C@]4(O)O[C@H](CO)[C@@H](O)[C@H](O)[C@H]4O)c(O)cc3C[C@@H]2C(=O)O)ccc1O. The second-order valence-corrected chi connectivity index (χ2v) is 10.8. The number of carbonyl (C=O) groups excluding carboxylic acids is 1. The molecule has 0 unspecified atom stereocenters. The van der Waals surface area contributed by atoms with Gasteiger partial charge in [0.25, 0.3) is 5.91 Å². The van der Waals surface area contributed by atoms with E-state index in [1.165, 1.54) is 12.1 Å². The summed E-state index contributed by atoms with van der Waals surface area (Å²) in [7, 11) is 0. The van der Waals surface area contributed by atoms with Crippen LogP contribution in [0.5, 0.6) is 17.2 Å². The molecule has 5 rings (SSSR count). The van der Waals surface area contributed by atoms with Gasteiger partial charge in [-0.25, -0.2) is 4.79 Å². The van der Waals surface area contributed by atoms with Gasteiger partial charge in [-0.1, -0.05) is 13.0 Å². The molecular weight excluding hydrogens is 594 g/mol. The molecule has 0 aromatic heterocycles. The molecule has 1 fully saturated rings. The first-order valence-corrected chi connectivity index (χ1v) is 14.1. The Morgan fingerprint density at radius 2 is 1.82 bits per heavy atom. The van der Waals surface area contributed by atoms with E-state index in [0.717, 1.165) is 34.5 Å². The molecule has 45 heavy (non-hydrogen) atoms. The number of ether oxygens (including phenoxy) is 2. The quantitative estimate of drug-likeness (QED) is 0.129. The number of aliphatic carboxylic acids is 1. The Bertz CT molecular complexity index is 1590. The van der Waals surface area contributed by atoms with Gasteiger partial charge in [-0.2, -0.15) is 0 Å². The number of rotatable bonds is 9. The minimum absolute atomic E-state index is 0.00932. The van der Waals surface area contributed by atoms with Gasteiger partial charge in [0.2, 0.25) is 0 Å². The summed E-state index contributed by atoms with van der Waals surface area (Å²) >= 11 is 0. The summed E-state index contributed by atoms with van der Waals surface area (Å²) in [5.74, 6) is -6.28. The lowest BCUT2D eigenvalue weighted by molar-refractivity contribution is -0.422. The van der Waals surface area contributed by atoms with E-state index in [0.29, 0.717) is 30.6 Å². The van der Waals surface area contributed by atoms with Gasteiger partial charge in [0, 0.05) is 30.5 Å². The van der Waals surface area contributed by atoms with E-state index in [1.807, 2.05) is 6.92 Å². The van der Waals surface area contributed by atoms with E-state index in [4.69, 9.17) is 9.47 Å². The number of hydrogen-bond acceptors (Lipinski definition) is 13. The molecule has 1 amide bonds. The molecule has 8 N–H and O–H groups in total. The number of aliphatic hydroxyl groups excluding tert-OH is 4. The van der Waals surface area contributed by atoms with Crippen LogP contribution in [0.2, 0.25) is 0 Å². The maximum Gasteiger partial charge on any atom is 0.355 e.